The highest BCUT2D eigenvalue weighted by Gasteiger charge is 2.16. The fourth-order valence-electron chi connectivity index (χ4n) is 2.17. The maximum atomic E-state index is 11.7. The Bertz CT molecular complexity index is 797. The molecule has 0 bridgehead atoms. The summed E-state index contributed by atoms with van der Waals surface area (Å²) in [7, 11) is 2.89. The van der Waals surface area contributed by atoms with E-state index in [4.69, 9.17) is 9.47 Å². The van der Waals surface area contributed by atoms with Gasteiger partial charge in [-0.1, -0.05) is 6.07 Å². The van der Waals surface area contributed by atoms with Crippen molar-refractivity contribution in [2.24, 2.45) is 0 Å². The first-order valence-electron chi connectivity index (χ1n) is 6.29. The van der Waals surface area contributed by atoms with Gasteiger partial charge in [0.2, 0.25) is 0 Å². The predicted molar refractivity (Wildman–Crippen MR) is 76.8 cm³/mol. The number of methoxy groups -OCH3 is 2. The standard InChI is InChI=1S/C15H13N3O3/c1-20-12-8-10(15(19)21-2)7-11-14(12)18(9-17-11)13-5-3-4-6-16-13/h3-9H,1-2H3. The van der Waals surface area contributed by atoms with Gasteiger partial charge < -0.3 is 9.47 Å². The van der Waals surface area contributed by atoms with Crippen molar-refractivity contribution in [3.05, 3.63) is 48.4 Å². The Kier molecular flexibility index (Phi) is 3.27. The highest BCUT2D eigenvalue weighted by molar-refractivity contribution is 5.96. The molecule has 0 unspecified atom stereocenters. The number of fused-ring (bicyclic) bond motifs is 1. The van der Waals surface area contributed by atoms with E-state index in [1.165, 1.54) is 7.11 Å². The predicted octanol–water partition coefficient (Wildman–Crippen LogP) is 2.22. The van der Waals surface area contributed by atoms with Gasteiger partial charge in [0.1, 0.15) is 23.4 Å². The SMILES string of the molecule is COC(=O)c1cc(OC)c2c(c1)ncn2-c1ccccn1. The molecule has 0 fully saturated rings. The van der Waals surface area contributed by atoms with E-state index in [0.29, 0.717) is 16.8 Å². The molecular formula is C15H13N3O3. The van der Waals surface area contributed by atoms with E-state index < -0.39 is 5.97 Å². The lowest BCUT2D eigenvalue weighted by Gasteiger charge is -2.08. The molecule has 0 saturated carbocycles. The van der Waals surface area contributed by atoms with Crippen LogP contribution in [0.4, 0.5) is 0 Å². The van der Waals surface area contributed by atoms with Crippen molar-refractivity contribution in [2.45, 2.75) is 0 Å². The largest absolute Gasteiger partial charge is 0.494 e. The molecule has 0 atom stereocenters. The number of imidazole rings is 1. The van der Waals surface area contributed by atoms with Crippen molar-refractivity contribution >= 4 is 17.0 Å². The van der Waals surface area contributed by atoms with Crippen LogP contribution in [0.3, 0.4) is 0 Å². The van der Waals surface area contributed by atoms with Crippen molar-refractivity contribution in [1.29, 1.82) is 0 Å². The number of carbonyl (C=O) groups is 1. The average molecular weight is 283 g/mol. The van der Waals surface area contributed by atoms with E-state index in [0.717, 1.165) is 11.3 Å². The van der Waals surface area contributed by atoms with Crippen LogP contribution in [-0.4, -0.2) is 34.7 Å². The second-order valence-corrected chi connectivity index (χ2v) is 4.34. The monoisotopic (exact) mass is 283 g/mol. The number of nitrogens with zero attached hydrogens (tertiary/aromatic N) is 3. The molecule has 3 rings (SSSR count). The second kappa shape index (κ2) is 5.24. The van der Waals surface area contributed by atoms with Gasteiger partial charge in [0, 0.05) is 6.20 Å². The summed E-state index contributed by atoms with van der Waals surface area (Å²) in [6.45, 7) is 0. The van der Waals surface area contributed by atoms with Crippen molar-refractivity contribution < 1.29 is 14.3 Å². The Balaban J connectivity index is 2.24. The lowest BCUT2D eigenvalue weighted by atomic mass is 10.2. The Morgan fingerprint density at radius 1 is 1.19 bits per heavy atom. The smallest absolute Gasteiger partial charge is 0.338 e. The number of benzene rings is 1. The van der Waals surface area contributed by atoms with E-state index in [1.54, 1.807) is 31.8 Å². The van der Waals surface area contributed by atoms with Crippen molar-refractivity contribution in [1.82, 2.24) is 14.5 Å². The fourth-order valence-corrected chi connectivity index (χ4v) is 2.17. The zero-order chi connectivity index (χ0) is 14.8. The quantitative estimate of drug-likeness (QED) is 0.689. The lowest BCUT2D eigenvalue weighted by molar-refractivity contribution is 0.0600. The number of esters is 1. The zero-order valence-corrected chi connectivity index (χ0v) is 11.6. The van der Waals surface area contributed by atoms with E-state index in [1.807, 2.05) is 22.8 Å². The second-order valence-electron chi connectivity index (χ2n) is 4.34. The minimum absolute atomic E-state index is 0.396. The number of ether oxygens (including phenoxy) is 2. The number of hydrogen-bond acceptors (Lipinski definition) is 5. The first-order valence-corrected chi connectivity index (χ1v) is 6.29. The highest BCUT2D eigenvalue weighted by Crippen LogP contribution is 2.29. The van der Waals surface area contributed by atoms with Crippen LogP contribution >= 0.6 is 0 Å². The molecular weight excluding hydrogens is 270 g/mol. The summed E-state index contributed by atoms with van der Waals surface area (Å²) in [5, 5.41) is 0. The van der Waals surface area contributed by atoms with Gasteiger partial charge in [0.25, 0.3) is 0 Å². The topological polar surface area (TPSA) is 66.2 Å². The molecule has 0 aliphatic carbocycles. The summed E-state index contributed by atoms with van der Waals surface area (Å²) in [5.41, 5.74) is 1.79. The van der Waals surface area contributed by atoms with Crippen molar-refractivity contribution in [3.63, 3.8) is 0 Å². The summed E-state index contributed by atoms with van der Waals surface area (Å²) < 4.78 is 11.9. The molecule has 2 aromatic heterocycles. The average Bonchev–Trinajstić information content (AvgIpc) is 2.98. The van der Waals surface area contributed by atoms with Crippen LogP contribution in [0.5, 0.6) is 5.75 Å². The number of hydrogen-bond donors (Lipinski definition) is 0. The lowest BCUT2D eigenvalue weighted by Crippen LogP contribution is -2.03. The van der Waals surface area contributed by atoms with Gasteiger partial charge in [-0.2, -0.15) is 0 Å². The van der Waals surface area contributed by atoms with Gasteiger partial charge in [-0.3, -0.25) is 4.57 Å². The van der Waals surface area contributed by atoms with E-state index in [9.17, 15) is 4.79 Å². The van der Waals surface area contributed by atoms with Crippen LogP contribution in [0.1, 0.15) is 10.4 Å². The third kappa shape index (κ3) is 2.20. The first kappa shape index (κ1) is 13.1. The first-order chi connectivity index (χ1) is 10.2. The molecule has 3 aromatic rings. The normalized spacial score (nSPS) is 10.6. The molecule has 106 valence electrons. The number of rotatable bonds is 3. The van der Waals surface area contributed by atoms with Crippen LogP contribution in [0.2, 0.25) is 0 Å². The Morgan fingerprint density at radius 3 is 2.71 bits per heavy atom. The number of pyridine rings is 1. The van der Waals surface area contributed by atoms with Crippen molar-refractivity contribution in [2.75, 3.05) is 14.2 Å². The van der Waals surface area contributed by atoms with E-state index in [-0.39, 0.29) is 0 Å². The summed E-state index contributed by atoms with van der Waals surface area (Å²) in [6, 6.07) is 8.91. The molecule has 0 N–H and O–H groups in total. The third-order valence-electron chi connectivity index (χ3n) is 3.15. The highest BCUT2D eigenvalue weighted by atomic mass is 16.5. The molecule has 0 spiro atoms. The zero-order valence-electron chi connectivity index (χ0n) is 11.6. The Labute approximate surface area is 121 Å². The minimum atomic E-state index is -0.428. The van der Waals surface area contributed by atoms with Gasteiger partial charge in [0.05, 0.1) is 25.3 Å². The Hall–Kier alpha value is -2.89. The summed E-state index contributed by atoms with van der Waals surface area (Å²) >= 11 is 0. The summed E-state index contributed by atoms with van der Waals surface area (Å²) in [6.07, 6.45) is 3.35. The molecule has 2 heterocycles. The number of aromatic nitrogens is 3. The van der Waals surface area contributed by atoms with Crippen LogP contribution in [-0.2, 0) is 4.74 Å². The molecule has 6 nitrogen and oxygen atoms in total. The van der Waals surface area contributed by atoms with Gasteiger partial charge >= 0.3 is 5.97 Å². The van der Waals surface area contributed by atoms with Gasteiger partial charge in [-0.05, 0) is 24.3 Å². The molecule has 0 aliphatic rings. The van der Waals surface area contributed by atoms with Crippen LogP contribution in [0, 0.1) is 0 Å². The van der Waals surface area contributed by atoms with Gasteiger partial charge in [-0.15, -0.1) is 0 Å². The molecule has 0 amide bonds. The molecule has 0 saturated heterocycles. The maximum absolute atomic E-state index is 11.7. The third-order valence-corrected chi connectivity index (χ3v) is 3.15. The molecule has 6 heteroatoms. The fraction of sp³-hybridized carbons (Fsp3) is 0.133. The summed E-state index contributed by atoms with van der Waals surface area (Å²) in [5.74, 6) is 0.836. The minimum Gasteiger partial charge on any atom is -0.494 e. The molecule has 0 aliphatic heterocycles. The van der Waals surface area contributed by atoms with Gasteiger partial charge in [-0.25, -0.2) is 14.8 Å². The van der Waals surface area contributed by atoms with Crippen LogP contribution < -0.4 is 4.74 Å². The maximum Gasteiger partial charge on any atom is 0.338 e. The molecule has 21 heavy (non-hydrogen) atoms. The van der Waals surface area contributed by atoms with Crippen LogP contribution in [0.15, 0.2) is 42.9 Å². The molecule has 1 aromatic carbocycles. The van der Waals surface area contributed by atoms with Gasteiger partial charge in [0.15, 0.2) is 0 Å². The molecule has 0 radical (unpaired) electrons. The van der Waals surface area contributed by atoms with Crippen LogP contribution in [0.25, 0.3) is 16.9 Å². The van der Waals surface area contributed by atoms with E-state index in [2.05, 4.69) is 9.97 Å². The van der Waals surface area contributed by atoms with E-state index >= 15 is 0 Å². The Morgan fingerprint density at radius 2 is 2.05 bits per heavy atom. The van der Waals surface area contributed by atoms with Crippen molar-refractivity contribution in [3.8, 4) is 11.6 Å². The summed E-state index contributed by atoms with van der Waals surface area (Å²) in [4.78, 5) is 20.3. The number of carbonyl (C=O) groups excluding carboxylic acids is 1.